The summed E-state index contributed by atoms with van der Waals surface area (Å²) >= 11 is 0. The monoisotopic (exact) mass is 248 g/mol. The summed E-state index contributed by atoms with van der Waals surface area (Å²) in [5.41, 5.74) is 1.03. The Morgan fingerprint density at radius 2 is 2.22 bits per heavy atom. The topological polar surface area (TPSA) is 44.8 Å². The van der Waals surface area contributed by atoms with E-state index in [1.807, 2.05) is 30.4 Å². The maximum Gasteiger partial charge on any atom is 0.306 e. The molecule has 0 aliphatic carbocycles. The van der Waals surface area contributed by atoms with Gasteiger partial charge in [-0.3, -0.25) is 4.79 Å². The molecular weight excluding hydrogens is 232 g/mol. The lowest BCUT2D eigenvalue weighted by Crippen LogP contribution is -2.02. The van der Waals surface area contributed by atoms with Crippen LogP contribution in [0, 0.1) is 0 Å². The Labute approximate surface area is 106 Å². The van der Waals surface area contributed by atoms with Crippen LogP contribution in [0.1, 0.15) is 25.3 Å². The summed E-state index contributed by atoms with van der Waals surface area (Å²) in [5.74, 6) is 1.38. The fourth-order valence-electron chi connectivity index (χ4n) is 1.67. The molecule has 0 radical (unpaired) electrons. The van der Waals surface area contributed by atoms with Crippen molar-refractivity contribution in [3.05, 3.63) is 29.8 Å². The first kappa shape index (κ1) is 12.5. The second-order valence-electron chi connectivity index (χ2n) is 3.86. The van der Waals surface area contributed by atoms with Crippen molar-refractivity contribution in [3.63, 3.8) is 0 Å². The largest absolute Gasteiger partial charge is 0.466 e. The molecule has 0 bridgehead atoms. The van der Waals surface area contributed by atoms with Gasteiger partial charge in [0.1, 0.15) is 0 Å². The van der Waals surface area contributed by atoms with Gasteiger partial charge in [-0.2, -0.15) is 0 Å². The summed E-state index contributed by atoms with van der Waals surface area (Å²) in [4.78, 5) is 11.1. The summed E-state index contributed by atoms with van der Waals surface area (Å²) < 4.78 is 15.4. The van der Waals surface area contributed by atoms with Crippen molar-refractivity contribution in [1.82, 2.24) is 0 Å². The molecule has 2 rings (SSSR count). The maximum absolute atomic E-state index is 11.1. The molecule has 0 spiro atoms. The Kier molecular flexibility index (Phi) is 4.23. The average molecular weight is 248 g/mol. The van der Waals surface area contributed by atoms with Crippen molar-refractivity contribution < 1.29 is 19.0 Å². The van der Waals surface area contributed by atoms with Gasteiger partial charge < -0.3 is 14.2 Å². The Hall–Kier alpha value is -1.97. The first-order valence-corrected chi connectivity index (χ1v) is 6.01. The lowest BCUT2D eigenvalue weighted by molar-refractivity contribution is -0.142. The minimum Gasteiger partial charge on any atom is -0.466 e. The number of hydrogen-bond acceptors (Lipinski definition) is 4. The van der Waals surface area contributed by atoms with Crippen LogP contribution in [0.2, 0.25) is 0 Å². The molecule has 0 N–H and O–H groups in total. The number of benzene rings is 1. The Morgan fingerprint density at radius 1 is 1.39 bits per heavy atom. The normalized spacial score (nSPS) is 12.9. The summed E-state index contributed by atoms with van der Waals surface area (Å²) in [6.45, 7) is 2.52. The van der Waals surface area contributed by atoms with Crippen LogP contribution in [0.3, 0.4) is 0 Å². The lowest BCUT2D eigenvalue weighted by atomic mass is 10.1. The summed E-state index contributed by atoms with van der Waals surface area (Å²) in [7, 11) is 0. The van der Waals surface area contributed by atoms with Crippen molar-refractivity contribution in [3.8, 4) is 11.5 Å². The lowest BCUT2D eigenvalue weighted by Gasteiger charge is -1.99. The predicted molar refractivity (Wildman–Crippen MR) is 67.5 cm³/mol. The van der Waals surface area contributed by atoms with Crippen LogP contribution in [0.4, 0.5) is 0 Å². The SMILES string of the molecule is CCOC(=O)CCC=Cc1ccc2c(c1)OCO2. The average Bonchev–Trinajstić information content (AvgIpc) is 2.82. The molecule has 1 aliphatic heterocycles. The van der Waals surface area contributed by atoms with Crippen LogP contribution in [0.15, 0.2) is 24.3 Å². The number of hydrogen-bond donors (Lipinski definition) is 0. The van der Waals surface area contributed by atoms with Gasteiger partial charge in [-0.15, -0.1) is 0 Å². The second kappa shape index (κ2) is 6.10. The third kappa shape index (κ3) is 3.26. The molecule has 0 fully saturated rings. The number of allylic oxidation sites excluding steroid dienone is 1. The van der Waals surface area contributed by atoms with Gasteiger partial charge in [0.25, 0.3) is 0 Å². The molecule has 18 heavy (non-hydrogen) atoms. The van der Waals surface area contributed by atoms with E-state index >= 15 is 0 Å². The molecule has 0 saturated heterocycles. The third-order valence-electron chi connectivity index (χ3n) is 2.53. The van der Waals surface area contributed by atoms with Crippen molar-refractivity contribution in [1.29, 1.82) is 0 Å². The zero-order valence-corrected chi connectivity index (χ0v) is 10.3. The van der Waals surface area contributed by atoms with Crippen LogP contribution in [-0.2, 0) is 9.53 Å². The molecule has 1 aliphatic rings. The minimum absolute atomic E-state index is 0.159. The van der Waals surface area contributed by atoms with Crippen LogP contribution in [0.25, 0.3) is 6.08 Å². The van der Waals surface area contributed by atoms with E-state index in [0.717, 1.165) is 17.1 Å². The highest BCUT2D eigenvalue weighted by atomic mass is 16.7. The van der Waals surface area contributed by atoms with Crippen molar-refractivity contribution >= 4 is 12.0 Å². The molecule has 4 heteroatoms. The van der Waals surface area contributed by atoms with E-state index in [2.05, 4.69) is 0 Å². The zero-order chi connectivity index (χ0) is 12.8. The zero-order valence-electron chi connectivity index (χ0n) is 10.3. The van der Waals surface area contributed by atoms with Crippen molar-refractivity contribution in [2.75, 3.05) is 13.4 Å². The number of carbonyl (C=O) groups excluding carboxylic acids is 1. The number of rotatable bonds is 5. The fourth-order valence-corrected chi connectivity index (χ4v) is 1.67. The second-order valence-corrected chi connectivity index (χ2v) is 3.86. The van der Waals surface area contributed by atoms with Crippen LogP contribution >= 0.6 is 0 Å². The highest BCUT2D eigenvalue weighted by Crippen LogP contribution is 2.32. The van der Waals surface area contributed by atoms with Crippen LogP contribution in [-0.4, -0.2) is 19.4 Å². The van der Waals surface area contributed by atoms with Gasteiger partial charge >= 0.3 is 5.97 Å². The molecule has 0 amide bonds. The third-order valence-corrected chi connectivity index (χ3v) is 2.53. The summed E-state index contributed by atoms with van der Waals surface area (Å²) in [6.07, 6.45) is 5.00. The summed E-state index contributed by atoms with van der Waals surface area (Å²) in [5, 5.41) is 0. The highest BCUT2D eigenvalue weighted by Gasteiger charge is 2.11. The Balaban J connectivity index is 1.84. The van der Waals surface area contributed by atoms with E-state index in [9.17, 15) is 4.79 Å². The number of esters is 1. The van der Waals surface area contributed by atoms with Crippen molar-refractivity contribution in [2.24, 2.45) is 0 Å². The molecule has 1 aromatic carbocycles. The fraction of sp³-hybridized carbons (Fsp3) is 0.357. The van der Waals surface area contributed by atoms with Gasteiger partial charge in [-0.25, -0.2) is 0 Å². The first-order valence-electron chi connectivity index (χ1n) is 6.01. The molecular formula is C14H16O4. The molecule has 0 atom stereocenters. The standard InChI is InChI=1S/C14H16O4/c1-2-16-14(15)6-4-3-5-11-7-8-12-13(9-11)18-10-17-12/h3,5,7-9H,2,4,6,10H2,1H3. The minimum atomic E-state index is -0.159. The molecule has 96 valence electrons. The van der Waals surface area contributed by atoms with Gasteiger partial charge in [-0.1, -0.05) is 18.2 Å². The molecule has 0 saturated carbocycles. The van der Waals surface area contributed by atoms with E-state index in [-0.39, 0.29) is 12.8 Å². The van der Waals surface area contributed by atoms with Gasteiger partial charge in [0.15, 0.2) is 11.5 Å². The van der Waals surface area contributed by atoms with Gasteiger partial charge in [-0.05, 0) is 31.0 Å². The number of fused-ring (bicyclic) bond motifs is 1. The van der Waals surface area contributed by atoms with Gasteiger partial charge in [0.05, 0.1) is 6.61 Å². The van der Waals surface area contributed by atoms with E-state index in [1.54, 1.807) is 6.92 Å². The summed E-state index contributed by atoms with van der Waals surface area (Å²) in [6, 6.07) is 5.75. The Morgan fingerprint density at radius 3 is 3.06 bits per heavy atom. The number of ether oxygens (including phenoxy) is 3. The predicted octanol–water partition coefficient (Wildman–Crippen LogP) is 2.77. The molecule has 4 nitrogen and oxygen atoms in total. The quantitative estimate of drug-likeness (QED) is 0.752. The molecule has 0 unspecified atom stereocenters. The Bertz CT molecular complexity index is 451. The van der Waals surface area contributed by atoms with Gasteiger partial charge in [0.2, 0.25) is 6.79 Å². The van der Waals surface area contributed by atoms with E-state index in [4.69, 9.17) is 14.2 Å². The maximum atomic E-state index is 11.1. The number of carbonyl (C=O) groups is 1. The molecule has 0 aromatic heterocycles. The van der Waals surface area contributed by atoms with E-state index in [0.29, 0.717) is 19.4 Å². The first-order chi connectivity index (χ1) is 8.79. The van der Waals surface area contributed by atoms with E-state index < -0.39 is 0 Å². The van der Waals surface area contributed by atoms with Crippen molar-refractivity contribution in [2.45, 2.75) is 19.8 Å². The smallest absolute Gasteiger partial charge is 0.306 e. The molecule has 1 heterocycles. The van der Waals surface area contributed by atoms with Gasteiger partial charge in [0, 0.05) is 6.42 Å². The van der Waals surface area contributed by atoms with Crippen LogP contribution < -0.4 is 9.47 Å². The highest BCUT2D eigenvalue weighted by molar-refractivity contribution is 5.69. The van der Waals surface area contributed by atoms with Crippen LogP contribution in [0.5, 0.6) is 11.5 Å². The molecule has 1 aromatic rings. The van der Waals surface area contributed by atoms with E-state index in [1.165, 1.54) is 0 Å².